The minimum Gasteiger partial charge on any atom is -0.311 e. The maximum absolute atomic E-state index is 5.33. The number of aromatic nitrogens is 3. The highest BCUT2D eigenvalue weighted by Gasteiger charge is 2.54. The largest absolute Gasteiger partial charge is 0.311 e. The summed E-state index contributed by atoms with van der Waals surface area (Å²) in [5.41, 5.74) is 17.8. The second-order valence-corrected chi connectivity index (χ2v) is 24.9. The molecular formula is C58H68BN5. The van der Waals surface area contributed by atoms with Crippen molar-refractivity contribution in [3.05, 3.63) is 131 Å². The van der Waals surface area contributed by atoms with E-state index < -0.39 is 0 Å². The standard InChI is InChI=1S/C58H68BN5/c1-54(2,3)39-18-21-44(22-19-39)62-48-23-20-40(55(4,5)6)30-47(48)59-51-49(62)31-43(58-33-36-24-37(34-58)26-38(25-36)35-58)32-50(51)63(53-52(59)60-61-64(53)45-16-14-13-15-17-45)46-28-41(56(7,8)9)27-42(29-46)57(10,11)12/h13-23,27-32,36-38H,24-26,33-35H2,1-12H3. The van der Waals surface area contributed by atoms with E-state index in [4.69, 9.17) is 10.3 Å². The SMILES string of the molecule is CC(C)(C)c1ccc(N2c3ccc(C(C)(C)C)cc3B3c4nnn(-c5ccccc5)c4N(c4cc(C(C)(C)C)cc(C(C)(C)C)c4)c4cc(C56CC7CC(CC(C7)C5)C6)cc2c43)cc1. The summed E-state index contributed by atoms with van der Waals surface area (Å²) in [5, 5.41) is 10.5. The van der Waals surface area contributed by atoms with Crippen LogP contribution in [0.25, 0.3) is 5.69 Å². The van der Waals surface area contributed by atoms with Gasteiger partial charge in [0.05, 0.1) is 11.3 Å². The number of hydrogen-bond acceptors (Lipinski definition) is 4. The van der Waals surface area contributed by atoms with E-state index in [0.717, 1.165) is 34.9 Å². The smallest absolute Gasteiger partial charge is 0.280 e. The molecule has 6 heteroatoms. The van der Waals surface area contributed by atoms with Crippen molar-refractivity contribution in [2.24, 2.45) is 17.8 Å². The average molecular weight is 846 g/mol. The summed E-state index contributed by atoms with van der Waals surface area (Å²) in [6.45, 7) is 28.0. The topological polar surface area (TPSA) is 37.2 Å². The van der Waals surface area contributed by atoms with Crippen molar-refractivity contribution < 1.29 is 0 Å². The molecule has 1 aromatic heterocycles. The first-order valence-electron chi connectivity index (χ1n) is 24.4. The van der Waals surface area contributed by atoms with Gasteiger partial charge in [0.15, 0.2) is 5.82 Å². The van der Waals surface area contributed by atoms with Crippen LogP contribution in [0.1, 0.15) is 149 Å². The van der Waals surface area contributed by atoms with E-state index >= 15 is 0 Å². The molecule has 12 rings (SSSR count). The van der Waals surface area contributed by atoms with Crippen molar-refractivity contribution in [1.29, 1.82) is 0 Å². The van der Waals surface area contributed by atoms with E-state index in [0.29, 0.717) is 0 Å². The lowest BCUT2D eigenvalue weighted by atomic mass is 9.35. The Hall–Kier alpha value is -5.10. The van der Waals surface area contributed by atoms with Crippen LogP contribution in [0.4, 0.5) is 34.3 Å². The maximum atomic E-state index is 5.33. The molecule has 64 heavy (non-hydrogen) atoms. The predicted octanol–water partition coefficient (Wildman–Crippen LogP) is 13.0. The molecule has 4 aliphatic carbocycles. The minimum absolute atomic E-state index is 0.0401. The lowest BCUT2D eigenvalue weighted by Gasteiger charge is -2.57. The molecule has 4 fully saturated rings. The molecular weight excluding hydrogens is 777 g/mol. The van der Waals surface area contributed by atoms with E-state index in [9.17, 15) is 0 Å². The zero-order valence-corrected chi connectivity index (χ0v) is 40.6. The lowest BCUT2D eigenvalue weighted by molar-refractivity contribution is -0.00514. The van der Waals surface area contributed by atoms with E-state index in [-0.39, 0.29) is 33.8 Å². The first-order valence-corrected chi connectivity index (χ1v) is 24.4. The summed E-state index contributed by atoms with van der Waals surface area (Å²) < 4.78 is 2.14. The van der Waals surface area contributed by atoms with Gasteiger partial charge >= 0.3 is 0 Å². The summed E-state index contributed by atoms with van der Waals surface area (Å²) in [6, 6.07) is 40.3. The van der Waals surface area contributed by atoms with Gasteiger partial charge in [0.2, 0.25) is 0 Å². The lowest BCUT2D eigenvalue weighted by Crippen LogP contribution is -2.62. The van der Waals surface area contributed by atoms with Gasteiger partial charge in [0, 0.05) is 28.4 Å². The molecule has 0 radical (unpaired) electrons. The molecule has 0 atom stereocenters. The predicted molar refractivity (Wildman–Crippen MR) is 270 cm³/mol. The molecule has 0 spiro atoms. The monoisotopic (exact) mass is 846 g/mol. The van der Waals surface area contributed by atoms with E-state index in [1.165, 1.54) is 106 Å². The van der Waals surface area contributed by atoms with Crippen molar-refractivity contribution in [2.45, 2.75) is 149 Å². The van der Waals surface area contributed by atoms with Gasteiger partial charge in [0.1, 0.15) is 0 Å². The van der Waals surface area contributed by atoms with E-state index in [1.54, 1.807) is 0 Å². The highest BCUT2D eigenvalue weighted by Crippen LogP contribution is 2.62. The third-order valence-electron chi connectivity index (χ3n) is 16.1. The number of rotatable bonds is 4. The highest BCUT2D eigenvalue weighted by atomic mass is 15.5. The summed E-state index contributed by atoms with van der Waals surface area (Å²) in [5.74, 6) is 3.52. The molecule has 6 aliphatic rings. The number of fused-ring (bicyclic) bond motifs is 4. The third-order valence-corrected chi connectivity index (χ3v) is 16.1. The Balaban J connectivity index is 1.27. The van der Waals surface area contributed by atoms with Gasteiger partial charge in [-0.3, -0.25) is 4.90 Å². The van der Waals surface area contributed by atoms with E-state index in [2.05, 4.69) is 201 Å². The molecule has 5 nitrogen and oxygen atoms in total. The van der Waals surface area contributed by atoms with Crippen LogP contribution in [0.15, 0.2) is 103 Å². The molecule has 328 valence electrons. The van der Waals surface area contributed by atoms with Crippen molar-refractivity contribution in [1.82, 2.24) is 15.0 Å². The van der Waals surface area contributed by atoms with E-state index in [1.807, 2.05) is 0 Å². The molecule has 0 amide bonds. The number of anilines is 6. The van der Waals surface area contributed by atoms with Crippen LogP contribution in [0, 0.1) is 17.8 Å². The summed E-state index contributed by atoms with van der Waals surface area (Å²) in [6.07, 6.45) is 8.16. The fraction of sp³-hybridized carbons (Fsp3) is 0.448. The number of nitrogens with zero attached hydrogens (tertiary/aromatic N) is 5. The third kappa shape index (κ3) is 6.62. The minimum atomic E-state index is -0.116. The molecule has 3 heterocycles. The van der Waals surface area contributed by atoms with Crippen molar-refractivity contribution in [3.63, 3.8) is 0 Å². The van der Waals surface area contributed by atoms with Gasteiger partial charge in [-0.15, -0.1) is 5.10 Å². The molecule has 4 saturated carbocycles. The van der Waals surface area contributed by atoms with Crippen LogP contribution in [0.3, 0.4) is 0 Å². The normalized spacial score (nSPS) is 22.4. The van der Waals surface area contributed by atoms with Crippen LogP contribution in [-0.2, 0) is 27.1 Å². The Labute approximate surface area is 383 Å². The zero-order valence-electron chi connectivity index (χ0n) is 40.6. The second kappa shape index (κ2) is 14.0. The number of para-hydroxylation sites is 1. The van der Waals surface area contributed by atoms with Crippen LogP contribution >= 0.6 is 0 Å². The molecule has 0 saturated heterocycles. The molecule has 5 aromatic carbocycles. The van der Waals surface area contributed by atoms with Gasteiger partial charge in [-0.25, -0.2) is 0 Å². The van der Waals surface area contributed by atoms with Crippen LogP contribution in [0.2, 0.25) is 0 Å². The number of benzene rings is 5. The summed E-state index contributed by atoms with van der Waals surface area (Å²) in [7, 11) is 0. The average Bonchev–Trinajstić information content (AvgIpc) is 3.66. The van der Waals surface area contributed by atoms with Crippen LogP contribution in [-0.4, -0.2) is 21.7 Å². The van der Waals surface area contributed by atoms with Crippen molar-refractivity contribution in [2.75, 3.05) is 9.80 Å². The maximum Gasteiger partial charge on any atom is 0.280 e. The fourth-order valence-corrected chi connectivity index (χ4v) is 12.9. The highest BCUT2D eigenvalue weighted by molar-refractivity contribution is 6.99. The Bertz CT molecular complexity index is 2740. The number of hydrogen-bond donors (Lipinski definition) is 0. The van der Waals surface area contributed by atoms with Gasteiger partial charge < -0.3 is 4.90 Å². The molecule has 0 unspecified atom stereocenters. The fourth-order valence-electron chi connectivity index (χ4n) is 12.9. The Morgan fingerprint density at radius 3 is 1.58 bits per heavy atom. The Morgan fingerprint density at radius 2 is 1.03 bits per heavy atom. The van der Waals surface area contributed by atoms with Crippen LogP contribution in [0.5, 0.6) is 0 Å². The quantitative estimate of drug-likeness (QED) is 0.165. The Kier molecular flexibility index (Phi) is 9.07. The zero-order chi connectivity index (χ0) is 44.9. The molecule has 2 aliphatic heterocycles. The van der Waals surface area contributed by atoms with Crippen molar-refractivity contribution in [3.8, 4) is 5.69 Å². The van der Waals surface area contributed by atoms with Gasteiger partial charge in [-0.1, -0.05) is 137 Å². The van der Waals surface area contributed by atoms with Gasteiger partial charge in [-0.05, 0) is 177 Å². The van der Waals surface area contributed by atoms with Crippen LogP contribution < -0.4 is 26.3 Å². The first-order chi connectivity index (χ1) is 30.2. The Morgan fingerprint density at radius 1 is 0.500 bits per heavy atom. The first kappa shape index (κ1) is 41.6. The van der Waals surface area contributed by atoms with Gasteiger partial charge in [0.25, 0.3) is 6.71 Å². The summed E-state index contributed by atoms with van der Waals surface area (Å²) in [4.78, 5) is 5.23. The summed E-state index contributed by atoms with van der Waals surface area (Å²) >= 11 is 0. The molecule has 0 N–H and O–H groups in total. The van der Waals surface area contributed by atoms with Crippen molar-refractivity contribution >= 4 is 57.5 Å². The van der Waals surface area contributed by atoms with Gasteiger partial charge in [-0.2, -0.15) is 4.68 Å². The second-order valence-electron chi connectivity index (χ2n) is 24.9. The molecule has 6 aromatic rings. The molecule has 4 bridgehead atoms.